The Hall–Kier alpha value is -5.80. The zero-order valence-electron chi connectivity index (χ0n) is 22.1. The third kappa shape index (κ3) is 5.83. The van der Waals surface area contributed by atoms with Gasteiger partial charge in [0.1, 0.15) is 5.75 Å². The number of carbonyl (C=O) groups is 5. The number of benzene rings is 5. The molecule has 2 amide bonds. The Morgan fingerprint density at radius 1 is 0.581 bits per heavy atom. The van der Waals surface area contributed by atoms with Gasteiger partial charge in [0.2, 0.25) is 0 Å². The third-order valence-corrected chi connectivity index (χ3v) is 6.73. The molecule has 0 unspecified atom stereocenters. The average molecular weight is 594 g/mol. The van der Waals surface area contributed by atoms with Crippen LogP contribution in [0.3, 0.4) is 0 Å². The highest BCUT2D eigenvalue weighted by Crippen LogP contribution is 2.32. The molecule has 5 aromatic carbocycles. The number of carbonyl (C=O) groups excluding carboxylic acids is 3. The monoisotopic (exact) mass is 593 g/mol. The normalized spacial score (nSPS) is 10.6. The predicted octanol–water partition coefficient (Wildman–Crippen LogP) is 6.60. The first-order chi connectivity index (χ1) is 20.7. The fourth-order valence-electron chi connectivity index (χ4n) is 4.58. The summed E-state index contributed by atoms with van der Waals surface area (Å²) >= 11 is 6.35. The van der Waals surface area contributed by atoms with Crippen molar-refractivity contribution in [2.45, 2.75) is 0 Å². The van der Waals surface area contributed by atoms with Gasteiger partial charge in [0, 0.05) is 16.7 Å². The van der Waals surface area contributed by atoms with E-state index < -0.39 is 29.7 Å². The van der Waals surface area contributed by atoms with E-state index in [-0.39, 0.29) is 44.3 Å². The van der Waals surface area contributed by atoms with Gasteiger partial charge >= 0.3 is 17.9 Å². The van der Waals surface area contributed by atoms with Gasteiger partial charge in [-0.3, -0.25) is 9.59 Å². The highest BCUT2D eigenvalue weighted by atomic mass is 35.5. The van der Waals surface area contributed by atoms with Gasteiger partial charge in [0.25, 0.3) is 11.8 Å². The zero-order valence-corrected chi connectivity index (χ0v) is 22.8. The fourth-order valence-corrected chi connectivity index (χ4v) is 4.80. The number of ether oxygens (including phenoxy) is 1. The van der Waals surface area contributed by atoms with Crippen molar-refractivity contribution < 1.29 is 38.9 Å². The van der Waals surface area contributed by atoms with Crippen LogP contribution in [0.25, 0.3) is 10.8 Å². The van der Waals surface area contributed by atoms with Gasteiger partial charge in [-0.2, -0.15) is 0 Å². The molecule has 0 aliphatic rings. The first-order valence-corrected chi connectivity index (χ1v) is 13.1. The van der Waals surface area contributed by atoms with Gasteiger partial charge in [-0.1, -0.05) is 72.3 Å². The first kappa shape index (κ1) is 28.7. The van der Waals surface area contributed by atoms with Crippen LogP contribution >= 0.6 is 11.6 Å². The SMILES string of the molecule is O=C(O)c1ccccc1C(=O)Oc1cc(Cl)cc(N(C(=O)c2ccccc2C(=O)O)C(=O)c2cccc3ccccc23)c1. The Morgan fingerprint density at radius 3 is 1.77 bits per heavy atom. The van der Waals surface area contributed by atoms with Crippen LogP contribution in [0.15, 0.2) is 109 Å². The van der Waals surface area contributed by atoms with E-state index >= 15 is 0 Å². The van der Waals surface area contributed by atoms with Gasteiger partial charge in [0.15, 0.2) is 0 Å². The van der Waals surface area contributed by atoms with Crippen molar-refractivity contribution in [3.63, 3.8) is 0 Å². The minimum atomic E-state index is -1.38. The summed E-state index contributed by atoms with van der Waals surface area (Å²) in [5.74, 6) is -5.68. The molecule has 5 aromatic rings. The van der Waals surface area contributed by atoms with Gasteiger partial charge in [-0.15, -0.1) is 0 Å². The molecule has 0 spiro atoms. The number of fused-ring (bicyclic) bond motifs is 1. The van der Waals surface area contributed by atoms with Crippen LogP contribution < -0.4 is 9.64 Å². The summed E-state index contributed by atoms with van der Waals surface area (Å²) < 4.78 is 5.44. The number of imide groups is 1. The van der Waals surface area contributed by atoms with Crippen LogP contribution in [0.5, 0.6) is 5.75 Å². The molecule has 43 heavy (non-hydrogen) atoms. The van der Waals surface area contributed by atoms with Crippen molar-refractivity contribution in [2.24, 2.45) is 0 Å². The number of nitrogens with zero attached hydrogens (tertiary/aromatic N) is 1. The molecule has 5 rings (SSSR count). The summed E-state index contributed by atoms with van der Waals surface area (Å²) in [5, 5.41) is 20.4. The van der Waals surface area contributed by atoms with Gasteiger partial charge in [-0.25, -0.2) is 19.3 Å². The van der Waals surface area contributed by atoms with E-state index in [0.717, 1.165) is 10.3 Å². The number of carboxylic acids is 2. The van der Waals surface area contributed by atoms with Crippen molar-refractivity contribution in [1.82, 2.24) is 0 Å². The largest absolute Gasteiger partial charge is 0.478 e. The minimum absolute atomic E-state index is 0.0261. The Labute approximate surface area is 249 Å². The quantitative estimate of drug-likeness (QED) is 0.122. The summed E-state index contributed by atoms with van der Waals surface area (Å²) in [6.07, 6.45) is 0. The summed E-state index contributed by atoms with van der Waals surface area (Å²) in [7, 11) is 0. The lowest BCUT2D eigenvalue weighted by atomic mass is 10.0. The Morgan fingerprint density at radius 2 is 1.09 bits per heavy atom. The van der Waals surface area contributed by atoms with Crippen LogP contribution in [-0.4, -0.2) is 39.9 Å². The maximum absolute atomic E-state index is 14.2. The molecule has 0 saturated heterocycles. The number of rotatable bonds is 7. The standard InChI is InChI=1S/C33H20ClNO8/c34-20-16-21(18-22(17-20)43-33(42)28-14-6-5-13-27(28)32(40)41)35(30(37)25-11-3-4-12-26(25)31(38)39)29(36)24-15-7-9-19-8-1-2-10-23(19)24/h1-18H,(H,38,39)(H,40,41). The molecule has 0 heterocycles. The Kier molecular flexibility index (Phi) is 8.00. The minimum Gasteiger partial charge on any atom is -0.478 e. The molecule has 9 nitrogen and oxygen atoms in total. The van der Waals surface area contributed by atoms with Crippen molar-refractivity contribution in [2.75, 3.05) is 4.90 Å². The van der Waals surface area contributed by atoms with Crippen LogP contribution in [0, 0.1) is 0 Å². The molecule has 0 atom stereocenters. The smallest absolute Gasteiger partial charge is 0.344 e. The molecule has 0 bridgehead atoms. The number of amides is 2. The van der Waals surface area contributed by atoms with E-state index in [1.165, 1.54) is 72.8 Å². The molecular formula is C33H20ClNO8. The number of carboxylic acid groups (broad SMARTS) is 2. The summed E-state index contributed by atoms with van der Waals surface area (Å²) in [6, 6.07) is 26.6. The number of hydrogen-bond donors (Lipinski definition) is 2. The molecule has 0 fully saturated rings. The molecule has 0 aromatic heterocycles. The number of halogens is 1. The van der Waals surface area contributed by atoms with E-state index in [0.29, 0.717) is 5.39 Å². The highest BCUT2D eigenvalue weighted by molar-refractivity contribution is 6.33. The lowest BCUT2D eigenvalue weighted by Crippen LogP contribution is -2.38. The van der Waals surface area contributed by atoms with E-state index in [4.69, 9.17) is 16.3 Å². The maximum Gasteiger partial charge on any atom is 0.344 e. The van der Waals surface area contributed by atoms with Crippen LogP contribution in [0.4, 0.5) is 5.69 Å². The van der Waals surface area contributed by atoms with Crippen molar-refractivity contribution in [1.29, 1.82) is 0 Å². The summed E-state index contributed by atoms with van der Waals surface area (Å²) in [5.41, 5.74) is -1.09. The predicted molar refractivity (Wildman–Crippen MR) is 158 cm³/mol. The van der Waals surface area contributed by atoms with Crippen LogP contribution in [0.1, 0.15) is 51.8 Å². The summed E-state index contributed by atoms with van der Waals surface area (Å²) in [6.45, 7) is 0. The second-order valence-electron chi connectivity index (χ2n) is 9.21. The second kappa shape index (κ2) is 12.0. The van der Waals surface area contributed by atoms with E-state index in [9.17, 15) is 34.2 Å². The maximum atomic E-state index is 14.2. The highest BCUT2D eigenvalue weighted by Gasteiger charge is 2.31. The third-order valence-electron chi connectivity index (χ3n) is 6.52. The molecular weight excluding hydrogens is 574 g/mol. The van der Waals surface area contributed by atoms with Crippen LogP contribution in [0.2, 0.25) is 5.02 Å². The van der Waals surface area contributed by atoms with Gasteiger partial charge < -0.3 is 14.9 Å². The lowest BCUT2D eigenvalue weighted by Gasteiger charge is -2.23. The van der Waals surface area contributed by atoms with Crippen molar-refractivity contribution >= 4 is 57.8 Å². The second-order valence-corrected chi connectivity index (χ2v) is 9.64. The summed E-state index contributed by atoms with van der Waals surface area (Å²) in [4.78, 5) is 65.5. The number of hydrogen-bond acceptors (Lipinski definition) is 6. The number of esters is 1. The molecule has 0 radical (unpaired) electrons. The average Bonchev–Trinajstić information content (AvgIpc) is 3.00. The van der Waals surface area contributed by atoms with E-state index in [2.05, 4.69) is 0 Å². The van der Waals surface area contributed by atoms with E-state index in [1.807, 2.05) is 0 Å². The number of anilines is 1. The Bertz CT molecular complexity index is 1950. The van der Waals surface area contributed by atoms with Gasteiger partial charge in [-0.05, 0) is 53.2 Å². The van der Waals surface area contributed by atoms with Gasteiger partial charge in [0.05, 0.1) is 27.9 Å². The molecule has 0 aliphatic heterocycles. The topological polar surface area (TPSA) is 138 Å². The molecule has 212 valence electrons. The number of aromatic carboxylic acids is 2. The molecule has 0 aliphatic carbocycles. The van der Waals surface area contributed by atoms with Crippen LogP contribution in [-0.2, 0) is 0 Å². The molecule has 2 N–H and O–H groups in total. The zero-order chi connectivity index (χ0) is 30.7. The lowest BCUT2D eigenvalue weighted by molar-refractivity contribution is 0.0667. The van der Waals surface area contributed by atoms with E-state index in [1.54, 1.807) is 36.4 Å². The van der Waals surface area contributed by atoms with Crippen molar-refractivity contribution in [3.8, 4) is 5.75 Å². The Balaban J connectivity index is 1.64. The fraction of sp³-hybridized carbons (Fsp3) is 0. The van der Waals surface area contributed by atoms with Crippen molar-refractivity contribution in [3.05, 3.63) is 142 Å². The molecule has 0 saturated carbocycles. The molecule has 10 heteroatoms. The first-order valence-electron chi connectivity index (χ1n) is 12.7.